The first-order valence-corrected chi connectivity index (χ1v) is 7.14. The molecule has 0 bridgehead atoms. The minimum atomic E-state index is -0.461. The molecule has 0 saturated carbocycles. The number of aliphatic hydroxyl groups excluding tert-OH is 1. The number of amides is 1. The fourth-order valence-electron chi connectivity index (χ4n) is 1.98. The number of nitrogens with two attached hydrogens (primary N) is 1. The van der Waals surface area contributed by atoms with Crippen LogP contribution in [0.2, 0.25) is 0 Å². The zero-order valence-electron chi connectivity index (χ0n) is 12.5. The van der Waals surface area contributed by atoms with Crippen molar-refractivity contribution in [3.05, 3.63) is 0 Å². The number of hydrogen-bond donors (Lipinski definition) is 2. The second-order valence-electron chi connectivity index (χ2n) is 5.25. The molecule has 1 aliphatic rings. The number of hydrogen-bond acceptors (Lipinski definition) is 6. The van der Waals surface area contributed by atoms with Crippen molar-refractivity contribution in [3.8, 4) is 0 Å². The summed E-state index contributed by atoms with van der Waals surface area (Å²) in [6.45, 7) is 3.48. The fraction of sp³-hybridized carbons (Fsp3) is 0.786. The maximum atomic E-state index is 10.9. The van der Waals surface area contributed by atoms with Gasteiger partial charge in [-0.1, -0.05) is 0 Å². The maximum Gasteiger partial charge on any atom is 0.225 e. The quantitative estimate of drug-likeness (QED) is 0.461. The Bertz CT molecular complexity index is 386. The number of carbonyl (C=O) groups excluding carboxylic acids is 2. The Morgan fingerprint density at radius 1 is 1.57 bits per heavy atom. The first-order chi connectivity index (χ1) is 9.93. The maximum absolute atomic E-state index is 10.9. The molecule has 3 N–H and O–H groups in total. The predicted octanol–water partition coefficient (Wildman–Crippen LogP) is 0.0403. The average Bonchev–Trinajstić information content (AvgIpc) is 2.83. The van der Waals surface area contributed by atoms with E-state index in [9.17, 15) is 14.7 Å². The van der Waals surface area contributed by atoms with Crippen LogP contribution in [-0.4, -0.2) is 54.7 Å². The molecule has 0 spiro atoms. The second-order valence-corrected chi connectivity index (χ2v) is 5.25. The lowest BCUT2D eigenvalue weighted by atomic mass is 10.1. The first-order valence-electron chi connectivity index (χ1n) is 7.14. The lowest BCUT2D eigenvalue weighted by Crippen LogP contribution is -2.28. The Labute approximate surface area is 124 Å². The summed E-state index contributed by atoms with van der Waals surface area (Å²) in [6, 6.07) is 0. The van der Waals surface area contributed by atoms with E-state index in [4.69, 9.17) is 15.2 Å². The van der Waals surface area contributed by atoms with Crippen molar-refractivity contribution < 1.29 is 24.2 Å². The number of rotatable bonds is 9. The number of ether oxygens (including phenoxy) is 2. The minimum absolute atomic E-state index is 0.128. The van der Waals surface area contributed by atoms with Gasteiger partial charge in [0.2, 0.25) is 5.91 Å². The molecule has 4 unspecified atom stereocenters. The van der Waals surface area contributed by atoms with Gasteiger partial charge in [-0.25, -0.2) is 0 Å². The summed E-state index contributed by atoms with van der Waals surface area (Å²) in [4.78, 5) is 25.9. The van der Waals surface area contributed by atoms with Gasteiger partial charge in [0.05, 0.1) is 18.6 Å². The van der Waals surface area contributed by atoms with E-state index in [1.807, 2.05) is 0 Å². The second kappa shape index (κ2) is 8.86. The normalized spacial score (nSPS) is 27.1. The number of nitrogens with zero attached hydrogens (tertiary/aromatic N) is 1. The monoisotopic (exact) mass is 300 g/mol. The molecule has 4 atom stereocenters. The molecule has 0 aromatic carbocycles. The summed E-state index contributed by atoms with van der Waals surface area (Å²) in [5.41, 5.74) is 5.14. The Morgan fingerprint density at radius 3 is 2.86 bits per heavy atom. The smallest absolute Gasteiger partial charge is 0.225 e. The third-order valence-corrected chi connectivity index (χ3v) is 3.29. The summed E-state index contributed by atoms with van der Waals surface area (Å²) in [6.07, 6.45) is 1.96. The van der Waals surface area contributed by atoms with Gasteiger partial charge in [-0.3, -0.25) is 9.79 Å². The highest BCUT2D eigenvalue weighted by Crippen LogP contribution is 2.24. The Balaban J connectivity index is 2.40. The van der Waals surface area contributed by atoms with Crippen molar-refractivity contribution in [2.75, 3.05) is 13.2 Å². The lowest BCUT2D eigenvalue weighted by molar-refractivity contribution is -0.119. The van der Waals surface area contributed by atoms with Crippen molar-refractivity contribution in [1.29, 1.82) is 0 Å². The summed E-state index contributed by atoms with van der Waals surface area (Å²) in [5, 5.41) is 9.28. The third-order valence-electron chi connectivity index (χ3n) is 3.29. The van der Waals surface area contributed by atoms with E-state index < -0.39 is 24.2 Å². The number of ketones is 1. The van der Waals surface area contributed by atoms with Crippen molar-refractivity contribution in [2.45, 2.75) is 51.5 Å². The van der Waals surface area contributed by atoms with E-state index >= 15 is 0 Å². The number of aliphatic imine (C=N–C) groups is 1. The topological polar surface area (TPSA) is 111 Å². The minimum Gasteiger partial charge on any atom is -0.394 e. The molecule has 1 aliphatic heterocycles. The van der Waals surface area contributed by atoms with E-state index in [1.54, 1.807) is 13.8 Å². The third kappa shape index (κ3) is 6.33. The van der Waals surface area contributed by atoms with E-state index in [1.165, 1.54) is 6.21 Å². The molecule has 120 valence electrons. The highest BCUT2D eigenvalue weighted by molar-refractivity contribution is 5.91. The van der Waals surface area contributed by atoms with Crippen LogP contribution in [-0.2, 0) is 19.1 Å². The SMILES string of the molecule is CC(=O)CCCOC1CC(N=CC(C)C(N)=O)OC1CO. The molecule has 1 heterocycles. The molecule has 1 saturated heterocycles. The highest BCUT2D eigenvalue weighted by atomic mass is 16.6. The van der Waals surface area contributed by atoms with E-state index in [-0.39, 0.29) is 18.5 Å². The molecule has 0 aliphatic carbocycles. The zero-order chi connectivity index (χ0) is 15.8. The fourth-order valence-corrected chi connectivity index (χ4v) is 1.98. The van der Waals surface area contributed by atoms with Crippen LogP contribution in [0.4, 0.5) is 0 Å². The van der Waals surface area contributed by atoms with Crippen LogP contribution in [0.5, 0.6) is 0 Å². The van der Waals surface area contributed by atoms with Gasteiger partial charge in [0.25, 0.3) is 0 Å². The van der Waals surface area contributed by atoms with Crippen LogP contribution < -0.4 is 5.73 Å². The van der Waals surface area contributed by atoms with Crippen molar-refractivity contribution >= 4 is 17.9 Å². The summed E-state index contributed by atoms with van der Waals surface area (Å²) < 4.78 is 11.2. The van der Waals surface area contributed by atoms with Gasteiger partial charge in [-0.2, -0.15) is 0 Å². The molecule has 1 rings (SSSR count). The predicted molar refractivity (Wildman–Crippen MR) is 76.9 cm³/mol. The first kappa shape index (κ1) is 17.7. The Morgan fingerprint density at radius 2 is 2.29 bits per heavy atom. The molecule has 1 fully saturated rings. The van der Waals surface area contributed by atoms with Crippen LogP contribution in [0.1, 0.15) is 33.1 Å². The Hall–Kier alpha value is -1.31. The lowest BCUT2D eigenvalue weighted by Gasteiger charge is -2.16. The van der Waals surface area contributed by atoms with Gasteiger partial charge in [-0.05, 0) is 20.3 Å². The highest BCUT2D eigenvalue weighted by Gasteiger charge is 2.35. The van der Waals surface area contributed by atoms with Gasteiger partial charge >= 0.3 is 0 Å². The zero-order valence-corrected chi connectivity index (χ0v) is 12.5. The van der Waals surface area contributed by atoms with Crippen molar-refractivity contribution in [1.82, 2.24) is 0 Å². The standard InChI is InChI=1S/C14H24N2O5/c1-9(14(15)19)7-16-13-6-11(12(8-17)21-13)20-5-3-4-10(2)18/h7,9,11-13,17H,3-6,8H2,1-2H3,(H2,15,19). The van der Waals surface area contributed by atoms with Gasteiger partial charge < -0.3 is 25.1 Å². The van der Waals surface area contributed by atoms with Gasteiger partial charge in [0.1, 0.15) is 11.9 Å². The van der Waals surface area contributed by atoms with Crippen LogP contribution >= 0.6 is 0 Å². The number of Topliss-reactive ketones (excluding diaryl/α,β-unsaturated/α-hetero) is 1. The summed E-state index contributed by atoms with van der Waals surface area (Å²) >= 11 is 0. The van der Waals surface area contributed by atoms with Crippen LogP contribution in [0.25, 0.3) is 0 Å². The van der Waals surface area contributed by atoms with E-state index in [0.29, 0.717) is 25.9 Å². The number of carbonyl (C=O) groups is 2. The molecule has 0 radical (unpaired) electrons. The molecule has 1 amide bonds. The molecular formula is C14H24N2O5. The molecule has 0 aromatic rings. The van der Waals surface area contributed by atoms with Crippen molar-refractivity contribution in [3.63, 3.8) is 0 Å². The van der Waals surface area contributed by atoms with Crippen LogP contribution in [0, 0.1) is 5.92 Å². The van der Waals surface area contributed by atoms with Crippen LogP contribution in [0.15, 0.2) is 4.99 Å². The Kier molecular flexibility index (Phi) is 7.49. The van der Waals surface area contributed by atoms with Crippen LogP contribution in [0.3, 0.4) is 0 Å². The van der Waals surface area contributed by atoms with Gasteiger partial charge in [0.15, 0.2) is 6.23 Å². The largest absolute Gasteiger partial charge is 0.394 e. The van der Waals surface area contributed by atoms with E-state index in [2.05, 4.69) is 4.99 Å². The molecule has 0 aromatic heterocycles. The summed E-state index contributed by atoms with van der Waals surface area (Å²) in [5.74, 6) is -0.785. The van der Waals surface area contributed by atoms with Crippen molar-refractivity contribution in [2.24, 2.45) is 16.6 Å². The van der Waals surface area contributed by atoms with E-state index in [0.717, 1.165) is 0 Å². The summed E-state index contributed by atoms with van der Waals surface area (Å²) in [7, 11) is 0. The van der Waals surface area contributed by atoms with Gasteiger partial charge in [-0.15, -0.1) is 0 Å². The number of primary amides is 1. The molecule has 7 heteroatoms. The average molecular weight is 300 g/mol. The molecule has 7 nitrogen and oxygen atoms in total. The van der Waals surface area contributed by atoms with Gasteiger partial charge in [0, 0.05) is 25.7 Å². The molecule has 21 heavy (non-hydrogen) atoms. The number of aliphatic hydroxyl groups is 1. The molecular weight excluding hydrogens is 276 g/mol.